The van der Waals surface area contributed by atoms with Crippen LogP contribution in [0.1, 0.15) is 21.6 Å². The van der Waals surface area contributed by atoms with Crippen LogP contribution in [0, 0.1) is 6.92 Å². The SMILES string of the molecule is Cc1cccnc1C(=O)c1cccc(OC(F)(F)F)c1. The Kier molecular flexibility index (Phi) is 3.74. The molecule has 0 atom stereocenters. The average molecular weight is 281 g/mol. The molecule has 0 aliphatic rings. The van der Waals surface area contributed by atoms with Crippen molar-refractivity contribution in [3.63, 3.8) is 0 Å². The molecule has 0 aliphatic carbocycles. The summed E-state index contributed by atoms with van der Waals surface area (Å²) in [5.41, 5.74) is 0.949. The first-order chi connectivity index (χ1) is 9.37. The van der Waals surface area contributed by atoms with Gasteiger partial charge in [-0.1, -0.05) is 18.2 Å². The Labute approximate surface area is 113 Å². The second-order valence-corrected chi connectivity index (χ2v) is 4.07. The highest BCUT2D eigenvalue weighted by Gasteiger charge is 2.31. The summed E-state index contributed by atoms with van der Waals surface area (Å²) in [4.78, 5) is 16.1. The van der Waals surface area contributed by atoms with E-state index in [0.717, 1.165) is 12.1 Å². The van der Waals surface area contributed by atoms with Gasteiger partial charge in [0, 0.05) is 11.8 Å². The number of aromatic nitrogens is 1. The number of nitrogens with zero attached hydrogens (tertiary/aromatic N) is 1. The zero-order valence-corrected chi connectivity index (χ0v) is 10.4. The minimum absolute atomic E-state index is 0.0913. The van der Waals surface area contributed by atoms with Crippen molar-refractivity contribution in [3.05, 3.63) is 59.4 Å². The molecular formula is C14H10F3NO2. The lowest BCUT2D eigenvalue weighted by Crippen LogP contribution is -2.17. The third-order valence-corrected chi connectivity index (χ3v) is 2.55. The number of ether oxygens (including phenoxy) is 1. The second kappa shape index (κ2) is 5.32. The van der Waals surface area contributed by atoms with Gasteiger partial charge in [0.25, 0.3) is 0 Å². The van der Waals surface area contributed by atoms with Gasteiger partial charge in [-0.15, -0.1) is 13.2 Å². The molecule has 1 aromatic heterocycles. The fourth-order valence-corrected chi connectivity index (χ4v) is 1.69. The molecule has 1 aromatic carbocycles. The molecule has 0 aliphatic heterocycles. The van der Waals surface area contributed by atoms with E-state index in [0.29, 0.717) is 5.56 Å². The predicted molar refractivity (Wildman–Crippen MR) is 65.5 cm³/mol. The summed E-state index contributed by atoms with van der Waals surface area (Å²) >= 11 is 0. The maximum Gasteiger partial charge on any atom is 0.573 e. The highest BCUT2D eigenvalue weighted by molar-refractivity contribution is 6.08. The molecule has 0 unspecified atom stereocenters. The molecule has 0 fully saturated rings. The Balaban J connectivity index is 2.32. The van der Waals surface area contributed by atoms with E-state index in [4.69, 9.17) is 0 Å². The topological polar surface area (TPSA) is 39.2 Å². The van der Waals surface area contributed by atoms with Crippen LogP contribution >= 0.6 is 0 Å². The molecule has 104 valence electrons. The third-order valence-electron chi connectivity index (χ3n) is 2.55. The van der Waals surface area contributed by atoms with E-state index in [1.807, 2.05) is 0 Å². The van der Waals surface area contributed by atoms with Crippen molar-refractivity contribution in [2.45, 2.75) is 13.3 Å². The highest BCUT2D eigenvalue weighted by atomic mass is 19.4. The van der Waals surface area contributed by atoms with Crippen molar-refractivity contribution in [2.24, 2.45) is 0 Å². The average Bonchev–Trinajstić information content (AvgIpc) is 2.37. The molecule has 0 saturated carbocycles. The van der Waals surface area contributed by atoms with E-state index < -0.39 is 17.9 Å². The van der Waals surface area contributed by atoms with Gasteiger partial charge in [0.2, 0.25) is 5.78 Å². The minimum atomic E-state index is -4.79. The van der Waals surface area contributed by atoms with E-state index in [1.165, 1.54) is 18.3 Å². The van der Waals surface area contributed by atoms with Gasteiger partial charge in [-0.2, -0.15) is 0 Å². The Bertz CT molecular complexity index is 638. The van der Waals surface area contributed by atoms with Gasteiger partial charge in [-0.25, -0.2) is 0 Å². The summed E-state index contributed by atoms with van der Waals surface area (Å²) in [5, 5.41) is 0. The number of carbonyl (C=O) groups is 1. The second-order valence-electron chi connectivity index (χ2n) is 4.07. The number of halogens is 3. The maximum atomic E-state index is 12.2. The van der Waals surface area contributed by atoms with E-state index in [2.05, 4.69) is 9.72 Å². The van der Waals surface area contributed by atoms with Crippen molar-refractivity contribution < 1.29 is 22.7 Å². The van der Waals surface area contributed by atoms with Gasteiger partial charge < -0.3 is 4.74 Å². The number of hydrogen-bond donors (Lipinski definition) is 0. The van der Waals surface area contributed by atoms with Gasteiger partial charge in [-0.3, -0.25) is 9.78 Å². The summed E-state index contributed by atoms with van der Waals surface area (Å²) in [6.45, 7) is 1.70. The van der Waals surface area contributed by atoms with Gasteiger partial charge in [-0.05, 0) is 30.7 Å². The quantitative estimate of drug-likeness (QED) is 0.808. The number of ketones is 1. The number of carbonyl (C=O) groups excluding carboxylic acids is 1. The maximum absolute atomic E-state index is 12.2. The molecule has 1 heterocycles. The number of alkyl halides is 3. The lowest BCUT2D eigenvalue weighted by molar-refractivity contribution is -0.274. The lowest BCUT2D eigenvalue weighted by atomic mass is 10.0. The van der Waals surface area contributed by atoms with Crippen LogP contribution in [0.15, 0.2) is 42.6 Å². The normalized spacial score (nSPS) is 11.2. The largest absolute Gasteiger partial charge is 0.573 e. The van der Waals surface area contributed by atoms with Crippen LogP contribution in [-0.4, -0.2) is 17.1 Å². The number of benzene rings is 1. The fourth-order valence-electron chi connectivity index (χ4n) is 1.69. The molecule has 0 bridgehead atoms. The molecule has 2 aromatic rings. The van der Waals surface area contributed by atoms with Gasteiger partial charge >= 0.3 is 6.36 Å². The molecular weight excluding hydrogens is 271 g/mol. The van der Waals surface area contributed by atoms with Crippen LogP contribution in [0.2, 0.25) is 0 Å². The number of pyridine rings is 1. The van der Waals surface area contributed by atoms with E-state index in [9.17, 15) is 18.0 Å². The minimum Gasteiger partial charge on any atom is -0.406 e. The molecule has 0 radical (unpaired) electrons. The molecule has 2 rings (SSSR count). The molecule has 6 heteroatoms. The van der Waals surface area contributed by atoms with Gasteiger partial charge in [0.15, 0.2) is 0 Å². The first-order valence-corrected chi connectivity index (χ1v) is 5.69. The molecule has 0 spiro atoms. The van der Waals surface area contributed by atoms with Crippen LogP contribution in [-0.2, 0) is 0 Å². The first kappa shape index (κ1) is 14.0. The van der Waals surface area contributed by atoms with Crippen LogP contribution in [0.4, 0.5) is 13.2 Å². The Hall–Kier alpha value is -2.37. The summed E-state index contributed by atoms with van der Waals surface area (Å²) in [7, 11) is 0. The van der Waals surface area contributed by atoms with E-state index in [1.54, 1.807) is 19.1 Å². The highest BCUT2D eigenvalue weighted by Crippen LogP contribution is 2.24. The predicted octanol–water partition coefficient (Wildman–Crippen LogP) is 3.52. The zero-order chi connectivity index (χ0) is 14.8. The van der Waals surface area contributed by atoms with Crippen LogP contribution in [0.3, 0.4) is 0 Å². The van der Waals surface area contributed by atoms with Gasteiger partial charge in [0.1, 0.15) is 11.4 Å². The van der Waals surface area contributed by atoms with Crippen molar-refractivity contribution in [1.29, 1.82) is 0 Å². The summed E-state index contributed by atoms with van der Waals surface area (Å²) in [6.07, 6.45) is -3.33. The zero-order valence-electron chi connectivity index (χ0n) is 10.4. The van der Waals surface area contributed by atoms with Crippen LogP contribution in [0.25, 0.3) is 0 Å². The number of rotatable bonds is 3. The molecule has 0 N–H and O–H groups in total. The van der Waals surface area contributed by atoms with Crippen molar-refractivity contribution in [2.75, 3.05) is 0 Å². The molecule has 0 saturated heterocycles. The Morgan fingerprint density at radius 3 is 2.60 bits per heavy atom. The molecule has 20 heavy (non-hydrogen) atoms. The summed E-state index contributed by atoms with van der Waals surface area (Å²) < 4.78 is 40.2. The molecule has 3 nitrogen and oxygen atoms in total. The Morgan fingerprint density at radius 1 is 1.20 bits per heavy atom. The van der Waals surface area contributed by atoms with E-state index in [-0.39, 0.29) is 11.3 Å². The smallest absolute Gasteiger partial charge is 0.406 e. The third kappa shape index (κ3) is 3.34. The summed E-state index contributed by atoms with van der Waals surface area (Å²) in [6, 6.07) is 8.30. The van der Waals surface area contributed by atoms with Gasteiger partial charge in [0.05, 0.1) is 0 Å². The monoisotopic (exact) mass is 281 g/mol. The fraction of sp³-hybridized carbons (Fsp3) is 0.143. The van der Waals surface area contributed by atoms with Crippen LogP contribution < -0.4 is 4.74 Å². The summed E-state index contributed by atoms with van der Waals surface area (Å²) in [5.74, 6) is -0.882. The van der Waals surface area contributed by atoms with E-state index >= 15 is 0 Å². The number of aryl methyl sites for hydroxylation is 1. The van der Waals surface area contributed by atoms with Crippen molar-refractivity contribution >= 4 is 5.78 Å². The van der Waals surface area contributed by atoms with Crippen molar-refractivity contribution in [1.82, 2.24) is 4.98 Å². The first-order valence-electron chi connectivity index (χ1n) is 5.69. The Morgan fingerprint density at radius 2 is 1.95 bits per heavy atom. The number of hydrogen-bond acceptors (Lipinski definition) is 3. The lowest BCUT2D eigenvalue weighted by Gasteiger charge is -2.10. The standard InChI is InChI=1S/C14H10F3NO2/c1-9-4-3-7-18-12(9)13(19)10-5-2-6-11(8-10)20-14(15,16)17/h2-8H,1H3. The van der Waals surface area contributed by atoms with Crippen molar-refractivity contribution in [3.8, 4) is 5.75 Å². The molecule has 0 amide bonds. The van der Waals surface area contributed by atoms with Crippen LogP contribution in [0.5, 0.6) is 5.75 Å².